The number of anilines is 1. The van der Waals surface area contributed by atoms with E-state index in [4.69, 9.17) is 11.8 Å². The Morgan fingerprint density at radius 3 is 2.86 bits per heavy atom. The van der Waals surface area contributed by atoms with Gasteiger partial charge >= 0.3 is 5.97 Å². The number of ether oxygens (including phenoxy) is 1. The third-order valence-electron chi connectivity index (χ3n) is 5.05. The van der Waals surface area contributed by atoms with Crippen LogP contribution < -0.4 is 11.3 Å². The van der Waals surface area contributed by atoms with Crippen LogP contribution in [0.3, 0.4) is 0 Å². The third kappa shape index (κ3) is 2.52. The summed E-state index contributed by atoms with van der Waals surface area (Å²) in [5, 5.41) is 11.2. The number of carbonyl (C=O) groups is 1. The lowest BCUT2D eigenvalue weighted by Crippen LogP contribution is -2.42. The summed E-state index contributed by atoms with van der Waals surface area (Å²) in [6, 6.07) is 7.03. The van der Waals surface area contributed by atoms with Gasteiger partial charge in [0.1, 0.15) is 6.61 Å². The molecule has 0 fully saturated rings. The number of carbonyl (C=O) groups excluding carboxylic acids is 1. The lowest BCUT2D eigenvalue weighted by atomic mass is 9.90. The first-order chi connectivity index (χ1) is 13.8. The topological polar surface area (TPSA) is 107 Å². The molecule has 7 nitrogen and oxygen atoms in total. The fourth-order valence-electron chi connectivity index (χ4n) is 3.65. The summed E-state index contributed by atoms with van der Waals surface area (Å²) in [7, 11) is 0. The van der Waals surface area contributed by atoms with Crippen molar-refractivity contribution in [3.63, 3.8) is 0 Å². The van der Waals surface area contributed by atoms with Crippen molar-refractivity contribution in [1.82, 2.24) is 9.55 Å². The Bertz CT molecular complexity index is 1250. The highest BCUT2D eigenvalue weighted by Crippen LogP contribution is 2.37. The molecule has 0 unspecified atom stereocenters. The van der Waals surface area contributed by atoms with Crippen molar-refractivity contribution in [2.75, 3.05) is 12.0 Å². The van der Waals surface area contributed by atoms with Crippen LogP contribution in [0, 0.1) is 0 Å². The Hall–Kier alpha value is -2.84. The molecule has 0 bridgehead atoms. The molecule has 144 valence electrons. The number of cyclic esters (lactones) is 1. The summed E-state index contributed by atoms with van der Waals surface area (Å²) in [6.45, 7) is 1.34. The SMILES string of the molecule is CS.[3H]c1c2c(nc3cc(N)ccc13)-c1cc3c(c(=O)n1C2)COC(=O)[C@@]3(C)O. The first-order valence-corrected chi connectivity index (χ1v) is 9.49. The number of benzene rings is 1. The molecule has 28 heavy (non-hydrogen) atoms. The molecule has 0 amide bonds. The number of hydrogen-bond acceptors (Lipinski definition) is 7. The quantitative estimate of drug-likeness (QED) is 0.237. The first-order valence-electron chi connectivity index (χ1n) is 9.09. The summed E-state index contributed by atoms with van der Waals surface area (Å²) >= 11 is 3.53. The number of nitrogens with zero attached hydrogens (tertiary/aromatic N) is 2. The number of esters is 1. The number of pyridine rings is 2. The number of rotatable bonds is 0. The van der Waals surface area contributed by atoms with Gasteiger partial charge in [-0.3, -0.25) is 4.79 Å². The van der Waals surface area contributed by atoms with E-state index in [9.17, 15) is 14.7 Å². The van der Waals surface area contributed by atoms with Gasteiger partial charge in [0.2, 0.25) is 0 Å². The van der Waals surface area contributed by atoms with Crippen LogP contribution in [0.2, 0.25) is 0 Å². The molecule has 2 aliphatic rings. The van der Waals surface area contributed by atoms with Gasteiger partial charge in [-0.1, -0.05) is 6.07 Å². The molecular weight excluding hydrogens is 378 g/mol. The number of thiol groups is 1. The third-order valence-corrected chi connectivity index (χ3v) is 5.05. The standard InChI is InChI=1S/C19H15N3O4.CH4S/c1-19(25)13-6-15-16-10(4-9-2-3-11(20)5-14(9)21-16)7-22(15)17(23)12(13)8-26-18(19)24;1-2/h2-6,25H,7-8,20H2,1H3;2H,1H3/t19-;/m0./s1/i4T;. The monoisotopic (exact) mass is 399 g/mol. The maximum atomic E-state index is 13.0. The Balaban J connectivity index is 0.000000994. The average molecular weight is 399 g/mol. The van der Waals surface area contributed by atoms with Gasteiger partial charge in [-0.15, -0.1) is 0 Å². The average Bonchev–Trinajstić information content (AvgIpc) is 3.06. The summed E-state index contributed by atoms with van der Waals surface area (Å²) in [5.74, 6) is -0.794. The van der Waals surface area contributed by atoms with Crippen LogP contribution in [0.25, 0.3) is 22.3 Å². The normalized spacial score (nSPS) is 19.7. The fourth-order valence-corrected chi connectivity index (χ4v) is 3.65. The number of nitrogen functional groups attached to an aromatic ring is 1. The van der Waals surface area contributed by atoms with Crippen molar-refractivity contribution in [2.24, 2.45) is 0 Å². The van der Waals surface area contributed by atoms with Gasteiger partial charge in [0.25, 0.3) is 5.56 Å². The van der Waals surface area contributed by atoms with Crippen molar-refractivity contribution in [2.45, 2.75) is 25.7 Å². The summed E-state index contributed by atoms with van der Waals surface area (Å²) in [5.41, 5.74) is 6.73. The molecule has 0 saturated heterocycles. The number of fused-ring (bicyclic) bond motifs is 5. The molecule has 1 aromatic carbocycles. The molecule has 0 saturated carbocycles. The van der Waals surface area contributed by atoms with Crippen molar-refractivity contribution >= 4 is 35.2 Å². The lowest BCUT2D eigenvalue weighted by Gasteiger charge is -2.29. The summed E-state index contributed by atoms with van der Waals surface area (Å²) < 4.78 is 15.0. The van der Waals surface area contributed by atoms with E-state index in [-0.39, 0.29) is 35.9 Å². The maximum absolute atomic E-state index is 13.0. The Morgan fingerprint density at radius 1 is 1.36 bits per heavy atom. The van der Waals surface area contributed by atoms with Gasteiger partial charge in [0.15, 0.2) is 5.60 Å². The minimum Gasteiger partial charge on any atom is -0.458 e. The Morgan fingerprint density at radius 2 is 2.11 bits per heavy atom. The minimum absolute atomic E-state index is 0.181. The van der Waals surface area contributed by atoms with Crippen LogP contribution in [0.15, 0.2) is 35.1 Å². The zero-order chi connectivity index (χ0) is 21.1. The highest BCUT2D eigenvalue weighted by molar-refractivity contribution is 7.79. The lowest BCUT2D eigenvalue weighted by molar-refractivity contribution is -0.169. The van der Waals surface area contributed by atoms with Crippen molar-refractivity contribution in [1.29, 1.82) is 0 Å². The number of aliphatic hydroxyl groups is 1. The van der Waals surface area contributed by atoms with E-state index in [0.29, 0.717) is 33.5 Å². The van der Waals surface area contributed by atoms with Crippen molar-refractivity contribution in [3.05, 3.63) is 57.4 Å². The van der Waals surface area contributed by atoms with Gasteiger partial charge < -0.3 is 20.1 Å². The molecular formula is C20H19N3O4S. The molecule has 2 aromatic heterocycles. The van der Waals surface area contributed by atoms with Gasteiger partial charge in [-0.25, -0.2) is 9.78 Å². The highest BCUT2D eigenvalue weighted by Gasteiger charge is 2.42. The first kappa shape index (κ1) is 17.3. The molecule has 8 heteroatoms. The zero-order valence-electron chi connectivity index (χ0n) is 16.3. The van der Waals surface area contributed by atoms with E-state index in [1.165, 1.54) is 11.5 Å². The fraction of sp³-hybridized carbons (Fsp3) is 0.250. The van der Waals surface area contributed by atoms with Crippen LogP contribution in [0.1, 0.15) is 25.0 Å². The second-order valence-corrected chi connectivity index (χ2v) is 6.80. The molecule has 0 spiro atoms. The Kier molecular flexibility index (Phi) is 3.92. The van der Waals surface area contributed by atoms with Crippen LogP contribution >= 0.6 is 12.6 Å². The number of hydrogen-bond donors (Lipinski definition) is 3. The van der Waals surface area contributed by atoms with Crippen LogP contribution in [-0.4, -0.2) is 26.9 Å². The molecule has 1 atom stereocenters. The van der Waals surface area contributed by atoms with E-state index >= 15 is 0 Å². The van der Waals surface area contributed by atoms with Gasteiger partial charge in [-0.2, -0.15) is 12.6 Å². The molecule has 3 N–H and O–H groups in total. The van der Waals surface area contributed by atoms with E-state index in [2.05, 4.69) is 17.6 Å². The predicted octanol–water partition coefficient (Wildman–Crippen LogP) is 1.82. The second kappa shape index (κ2) is 6.35. The molecule has 3 aromatic rings. The second-order valence-electron chi connectivity index (χ2n) is 6.80. The minimum atomic E-state index is -1.91. The van der Waals surface area contributed by atoms with Gasteiger partial charge in [0, 0.05) is 22.2 Å². The van der Waals surface area contributed by atoms with E-state index in [0.717, 1.165) is 0 Å². The molecule has 0 aliphatic carbocycles. The maximum Gasteiger partial charge on any atom is 0.342 e. The summed E-state index contributed by atoms with van der Waals surface area (Å²) in [6.07, 6.45) is 1.69. The van der Waals surface area contributed by atoms with Gasteiger partial charge in [-0.05, 0) is 37.4 Å². The van der Waals surface area contributed by atoms with E-state index in [1.54, 1.807) is 30.5 Å². The largest absolute Gasteiger partial charge is 0.458 e. The molecule has 0 radical (unpaired) electrons. The smallest absolute Gasteiger partial charge is 0.342 e. The highest BCUT2D eigenvalue weighted by atomic mass is 32.1. The molecule has 4 heterocycles. The van der Waals surface area contributed by atoms with Crippen LogP contribution in [0.5, 0.6) is 0 Å². The van der Waals surface area contributed by atoms with Crippen LogP contribution in [0.4, 0.5) is 5.69 Å². The van der Waals surface area contributed by atoms with Crippen molar-refractivity contribution < 1.29 is 16.0 Å². The van der Waals surface area contributed by atoms with Crippen molar-refractivity contribution in [3.8, 4) is 11.4 Å². The van der Waals surface area contributed by atoms with Gasteiger partial charge in [0.05, 0.1) is 30.4 Å². The number of aromatic nitrogens is 2. The van der Waals surface area contributed by atoms with E-state index < -0.39 is 11.6 Å². The zero-order valence-corrected chi connectivity index (χ0v) is 16.2. The van der Waals surface area contributed by atoms with Crippen LogP contribution in [-0.2, 0) is 28.3 Å². The predicted molar refractivity (Wildman–Crippen MR) is 109 cm³/mol. The van der Waals surface area contributed by atoms with E-state index in [1.807, 2.05) is 0 Å². The number of nitrogens with two attached hydrogens (primary N) is 1. The molecule has 2 aliphatic heterocycles. The Labute approximate surface area is 167 Å². The molecule has 5 rings (SSSR count). The summed E-state index contributed by atoms with van der Waals surface area (Å²) in [4.78, 5) is 29.6.